The lowest BCUT2D eigenvalue weighted by Gasteiger charge is -2.02. The standard InChI is InChI=1S/C9H10BrO/c1-2-11-9-5-3-4-8(6-9)7-10/h3-5H,2,7H2,1H3. The molecule has 2 heteroatoms. The van der Waals surface area contributed by atoms with Crippen LogP contribution in [-0.4, -0.2) is 6.61 Å². The summed E-state index contributed by atoms with van der Waals surface area (Å²) in [6, 6.07) is 9.02. The van der Waals surface area contributed by atoms with E-state index in [0.29, 0.717) is 6.61 Å². The lowest BCUT2D eigenvalue weighted by molar-refractivity contribution is 0.339. The largest absolute Gasteiger partial charge is 0.493 e. The summed E-state index contributed by atoms with van der Waals surface area (Å²) >= 11 is 3.36. The van der Waals surface area contributed by atoms with E-state index in [9.17, 15) is 0 Å². The van der Waals surface area contributed by atoms with Crippen LogP contribution in [0.5, 0.6) is 5.75 Å². The second-order valence-corrected chi connectivity index (χ2v) is 2.67. The monoisotopic (exact) mass is 213 g/mol. The average Bonchev–Trinajstić information content (AvgIpc) is 2.06. The van der Waals surface area contributed by atoms with Crippen molar-refractivity contribution in [2.75, 3.05) is 6.61 Å². The van der Waals surface area contributed by atoms with E-state index in [1.807, 2.05) is 25.1 Å². The van der Waals surface area contributed by atoms with Crippen LogP contribution in [0.2, 0.25) is 0 Å². The Morgan fingerprint density at radius 3 is 3.00 bits per heavy atom. The fraction of sp³-hybridized carbons (Fsp3) is 0.333. The molecule has 1 aromatic rings. The van der Waals surface area contributed by atoms with Gasteiger partial charge in [0.2, 0.25) is 0 Å². The minimum absolute atomic E-state index is 0.697. The normalized spacial score (nSPS) is 9.64. The Morgan fingerprint density at radius 1 is 1.55 bits per heavy atom. The third kappa shape index (κ3) is 2.54. The zero-order chi connectivity index (χ0) is 8.10. The fourth-order valence-electron chi connectivity index (χ4n) is 0.811. The van der Waals surface area contributed by atoms with Crippen molar-refractivity contribution in [3.05, 3.63) is 29.8 Å². The second-order valence-electron chi connectivity index (χ2n) is 2.11. The Bertz CT molecular complexity index is 223. The third-order valence-corrected chi connectivity index (χ3v) is 1.88. The second kappa shape index (κ2) is 4.39. The predicted octanol–water partition coefficient (Wildman–Crippen LogP) is 2.78. The van der Waals surface area contributed by atoms with Gasteiger partial charge in [-0.05, 0) is 18.6 Å². The first-order valence-corrected chi connectivity index (χ1v) is 4.69. The van der Waals surface area contributed by atoms with Gasteiger partial charge in [-0.15, -0.1) is 0 Å². The van der Waals surface area contributed by atoms with Crippen molar-refractivity contribution in [2.24, 2.45) is 0 Å². The summed E-state index contributed by atoms with van der Waals surface area (Å²) in [4.78, 5) is 0. The molecular formula is C9H10BrO. The van der Waals surface area contributed by atoms with Gasteiger partial charge in [0.15, 0.2) is 0 Å². The number of rotatable bonds is 3. The van der Waals surface area contributed by atoms with Gasteiger partial charge in [-0.3, -0.25) is 0 Å². The van der Waals surface area contributed by atoms with E-state index in [1.165, 1.54) is 0 Å². The minimum Gasteiger partial charge on any atom is -0.493 e. The minimum atomic E-state index is 0.697. The van der Waals surface area contributed by atoms with Crippen LogP contribution in [-0.2, 0) is 5.33 Å². The van der Waals surface area contributed by atoms with Crippen LogP contribution in [0.25, 0.3) is 0 Å². The van der Waals surface area contributed by atoms with Crippen LogP contribution in [0, 0.1) is 6.07 Å². The van der Waals surface area contributed by atoms with Crippen LogP contribution >= 0.6 is 15.9 Å². The number of hydrogen-bond acceptors (Lipinski definition) is 1. The molecular weight excluding hydrogens is 204 g/mol. The van der Waals surface area contributed by atoms with Gasteiger partial charge in [0.1, 0.15) is 5.75 Å². The first-order chi connectivity index (χ1) is 5.36. The van der Waals surface area contributed by atoms with Gasteiger partial charge < -0.3 is 4.74 Å². The predicted molar refractivity (Wildman–Crippen MR) is 49.1 cm³/mol. The van der Waals surface area contributed by atoms with Crippen LogP contribution in [0.3, 0.4) is 0 Å². The van der Waals surface area contributed by atoms with E-state index in [4.69, 9.17) is 4.74 Å². The highest BCUT2D eigenvalue weighted by Gasteiger charge is 1.93. The molecule has 0 atom stereocenters. The number of benzene rings is 1. The van der Waals surface area contributed by atoms with Crippen molar-refractivity contribution < 1.29 is 4.74 Å². The summed E-state index contributed by atoms with van der Waals surface area (Å²) < 4.78 is 5.27. The molecule has 0 fully saturated rings. The Morgan fingerprint density at radius 2 is 2.36 bits per heavy atom. The Kier molecular flexibility index (Phi) is 3.43. The maximum atomic E-state index is 5.27. The highest BCUT2D eigenvalue weighted by molar-refractivity contribution is 9.08. The number of alkyl halides is 1. The quantitative estimate of drug-likeness (QED) is 0.703. The van der Waals surface area contributed by atoms with Crippen LogP contribution < -0.4 is 4.74 Å². The van der Waals surface area contributed by atoms with Gasteiger partial charge >= 0.3 is 0 Å². The molecule has 0 N–H and O–H groups in total. The van der Waals surface area contributed by atoms with E-state index in [1.54, 1.807) is 0 Å². The molecule has 0 aromatic heterocycles. The van der Waals surface area contributed by atoms with E-state index in [-0.39, 0.29) is 0 Å². The highest BCUT2D eigenvalue weighted by atomic mass is 79.9. The summed E-state index contributed by atoms with van der Waals surface area (Å²) in [5.74, 6) is 0.824. The lowest BCUT2D eigenvalue weighted by atomic mass is 10.2. The van der Waals surface area contributed by atoms with Gasteiger partial charge in [-0.1, -0.05) is 28.1 Å². The molecule has 1 rings (SSSR count). The summed E-state index contributed by atoms with van der Waals surface area (Å²) in [5, 5.41) is 0.827. The molecule has 0 spiro atoms. The summed E-state index contributed by atoms with van der Waals surface area (Å²) in [6.07, 6.45) is 0. The smallest absolute Gasteiger partial charge is 0.127 e. The SMILES string of the molecule is CCOc1[c]c(CBr)ccc1. The van der Waals surface area contributed by atoms with Crippen LogP contribution in [0.15, 0.2) is 18.2 Å². The lowest BCUT2D eigenvalue weighted by Crippen LogP contribution is -1.91. The number of hydrogen-bond donors (Lipinski definition) is 0. The molecule has 0 aliphatic heterocycles. The van der Waals surface area contributed by atoms with Crippen molar-refractivity contribution in [3.63, 3.8) is 0 Å². The van der Waals surface area contributed by atoms with Crippen molar-refractivity contribution in [3.8, 4) is 5.75 Å². The first kappa shape index (κ1) is 8.60. The summed E-state index contributed by atoms with van der Waals surface area (Å²) in [6.45, 7) is 2.66. The molecule has 0 amide bonds. The summed E-state index contributed by atoms with van der Waals surface area (Å²) in [5.41, 5.74) is 1.12. The Labute approximate surface area is 75.5 Å². The molecule has 0 aliphatic carbocycles. The molecule has 1 radical (unpaired) electrons. The van der Waals surface area contributed by atoms with Gasteiger partial charge in [0, 0.05) is 11.4 Å². The molecule has 0 aliphatic rings. The molecule has 0 saturated carbocycles. The van der Waals surface area contributed by atoms with E-state index >= 15 is 0 Å². The van der Waals surface area contributed by atoms with E-state index in [2.05, 4.69) is 22.0 Å². The van der Waals surface area contributed by atoms with E-state index in [0.717, 1.165) is 16.6 Å². The maximum absolute atomic E-state index is 5.27. The van der Waals surface area contributed by atoms with Crippen molar-refractivity contribution in [1.29, 1.82) is 0 Å². The fourth-order valence-corrected chi connectivity index (χ4v) is 1.14. The molecule has 0 bridgehead atoms. The van der Waals surface area contributed by atoms with Crippen molar-refractivity contribution >= 4 is 15.9 Å². The Balaban J connectivity index is 2.74. The highest BCUT2D eigenvalue weighted by Crippen LogP contribution is 2.13. The van der Waals surface area contributed by atoms with Crippen molar-refractivity contribution in [1.82, 2.24) is 0 Å². The first-order valence-electron chi connectivity index (χ1n) is 3.56. The van der Waals surface area contributed by atoms with Crippen LogP contribution in [0.1, 0.15) is 12.5 Å². The van der Waals surface area contributed by atoms with Crippen molar-refractivity contribution in [2.45, 2.75) is 12.3 Å². The Hall–Kier alpha value is -0.500. The van der Waals surface area contributed by atoms with Crippen LogP contribution in [0.4, 0.5) is 0 Å². The van der Waals surface area contributed by atoms with Gasteiger partial charge in [0.25, 0.3) is 0 Å². The third-order valence-electron chi connectivity index (χ3n) is 1.27. The molecule has 0 saturated heterocycles. The average molecular weight is 214 g/mol. The van der Waals surface area contributed by atoms with Gasteiger partial charge in [0.05, 0.1) is 6.61 Å². The molecule has 1 nitrogen and oxygen atoms in total. The zero-order valence-corrected chi connectivity index (χ0v) is 8.02. The van der Waals surface area contributed by atoms with E-state index < -0.39 is 0 Å². The van der Waals surface area contributed by atoms with Gasteiger partial charge in [-0.2, -0.15) is 0 Å². The topological polar surface area (TPSA) is 9.23 Å². The number of ether oxygens (including phenoxy) is 1. The van der Waals surface area contributed by atoms with Gasteiger partial charge in [-0.25, -0.2) is 0 Å². The molecule has 1 aromatic carbocycles. The molecule has 0 heterocycles. The maximum Gasteiger partial charge on any atom is 0.127 e. The zero-order valence-electron chi connectivity index (χ0n) is 6.43. The molecule has 11 heavy (non-hydrogen) atoms. The molecule has 59 valence electrons. The number of halogens is 1. The molecule has 0 unspecified atom stereocenters. The summed E-state index contributed by atoms with van der Waals surface area (Å²) in [7, 11) is 0.